The number of aliphatic carboxylic acids is 1. The van der Waals surface area contributed by atoms with E-state index in [1.807, 2.05) is 31.2 Å². The minimum Gasteiger partial charge on any atom is -0.494 e. The van der Waals surface area contributed by atoms with Gasteiger partial charge < -0.3 is 9.84 Å². The van der Waals surface area contributed by atoms with Gasteiger partial charge >= 0.3 is 5.97 Å². The van der Waals surface area contributed by atoms with Gasteiger partial charge in [-0.2, -0.15) is 0 Å². The molecule has 3 heteroatoms. The zero-order valence-corrected chi connectivity index (χ0v) is 11.2. The molecule has 18 heavy (non-hydrogen) atoms. The second kappa shape index (κ2) is 4.30. The molecule has 0 atom stereocenters. The normalized spacial score (nSPS) is 19.9. The Bertz CT molecular complexity index is 437. The summed E-state index contributed by atoms with van der Waals surface area (Å²) in [7, 11) is 0. The zero-order valence-electron chi connectivity index (χ0n) is 11.2. The van der Waals surface area contributed by atoms with Crippen LogP contribution in [0.2, 0.25) is 0 Å². The largest absolute Gasteiger partial charge is 0.494 e. The molecule has 98 valence electrons. The van der Waals surface area contributed by atoms with Crippen LogP contribution in [0.5, 0.6) is 5.75 Å². The van der Waals surface area contributed by atoms with Crippen LogP contribution in [-0.4, -0.2) is 17.7 Å². The molecule has 0 aromatic heterocycles. The lowest BCUT2D eigenvalue weighted by Gasteiger charge is -2.50. The van der Waals surface area contributed by atoms with Crippen molar-refractivity contribution in [1.29, 1.82) is 0 Å². The van der Waals surface area contributed by atoms with Crippen LogP contribution in [0.15, 0.2) is 24.3 Å². The highest BCUT2D eigenvalue weighted by Crippen LogP contribution is 2.55. The van der Waals surface area contributed by atoms with Crippen LogP contribution in [0.3, 0.4) is 0 Å². The summed E-state index contributed by atoms with van der Waals surface area (Å²) in [6.45, 7) is 6.78. The van der Waals surface area contributed by atoms with E-state index >= 15 is 0 Å². The zero-order chi connectivity index (χ0) is 13.4. The lowest BCUT2D eigenvalue weighted by Crippen LogP contribution is -2.52. The summed E-state index contributed by atoms with van der Waals surface area (Å²) in [5.74, 6) is 0.0753. The van der Waals surface area contributed by atoms with Crippen LogP contribution >= 0.6 is 0 Å². The molecule has 0 spiro atoms. The molecule has 1 aliphatic carbocycles. The smallest absolute Gasteiger partial charge is 0.314 e. The molecule has 0 heterocycles. The fourth-order valence-corrected chi connectivity index (χ4v) is 3.10. The van der Waals surface area contributed by atoms with E-state index in [1.165, 1.54) is 0 Å². The second-order valence-electron chi connectivity index (χ2n) is 5.86. The minimum atomic E-state index is -0.717. The summed E-state index contributed by atoms with van der Waals surface area (Å²) in [4.78, 5) is 11.6. The van der Waals surface area contributed by atoms with E-state index in [1.54, 1.807) is 0 Å². The first-order valence-electron chi connectivity index (χ1n) is 6.36. The summed E-state index contributed by atoms with van der Waals surface area (Å²) in [5, 5.41) is 9.51. The second-order valence-corrected chi connectivity index (χ2v) is 5.86. The minimum absolute atomic E-state index is 0.122. The molecule has 1 fully saturated rings. The highest BCUT2D eigenvalue weighted by molar-refractivity contribution is 5.83. The monoisotopic (exact) mass is 248 g/mol. The first-order chi connectivity index (χ1) is 8.39. The molecule has 1 aromatic carbocycles. The Morgan fingerprint density at radius 2 is 1.83 bits per heavy atom. The molecule has 3 nitrogen and oxygen atoms in total. The van der Waals surface area contributed by atoms with E-state index in [0.29, 0.717) is 19.4 Å². The SMILES string of the molecule is CCOc1ccc(C2(C(=O)O)CC(C)(C)C2)cc1. The average molecular weight is 248 g/mol. The van der Waals surface area contributed by atoms with Crippen LogP contribution in [0.4, 0.5) is 0 Å². The molecule has 0 aliphatic heterocycles. The molecule has 1 N–H and O–H groups in total. The van der Waals surface area contributed by atoms with E-state index < -0.39 is 11.4 Å². The summed E-state index contributed by atoms with van der Waals surface area (Å²) < 4.78 is 5.38. The maximum atomic E-state index is 11.6. The standard InChI is InChI=1S/C15H20O3/c1-4-18-12-7-5-11(6-8-12)15(13(16)17)9-14(2,3)10-15/h5-8H,4,9-10H2,1-3H3,(H,16,17). The molecule has 1 aliphatic rings. The summed E-state index contributed by atoms with van der Waals surface area (Å²) >= 11 is 0. The van der Waals surface area contributed by atoms with Crippen molar-refractivity contribution < 1.29 is 14.6 Å². The summed E-state index contributed by atoms with van der Waals surface area (Å²) in [5.41, 5.74) is 0.309. The number of ether oxygens (including phenoxy) is 1. The van der Waals surface area contributed by atoms with Crippen molar-refractivity contribution in [3.8, 4) is 5.75 Å². The quantitative estimate of drug-likeness (QED) is 0.889. The van der Waals surface area contributed by atoms with Crippen LogP contribution < -0.4 is 4.74 Å². The van der Waals surface area contributed by atoms with Gasteiger partial charge in [0.05, 0.1) is 12.0 Å². The molecule has 2 rings (SSSR count). The van der Waals surface area contributed by atoms with Gasteiger partial charge in [-0.15, -0.1) is 0 Å². The van der Waals surface area contributed by atoms with Crippen molar-refractivity contribution in [3.63, 3.8) is 0 Å². The van der Waals surface area contributed by atoms with E-state index in [0.717, 1.165) is 11.3 Å². The van der Waals surface area contributed by atoms with E-state index in [4.69, 9.17) is 4.74 Å². The van der Waals surface area contributed by atoms with Gasteiger partial charge in [0.2, 0.25) is 0 Å². The van der Waals surface area contributed by atoms with Crippen LogP contribution in [-0.2, 0) is 10.2 Å². The average Bonchev–Trinajstić information content (AvgIpc) is 2.26. The Hall–Kier alpha value is -1.51. The molecule has 1 saturated carbocycles. The van der Waals surface area contributed by atoms with Gasteiger partial charge in [0, 0.05) is 0 Å². The van der Waals surface area contributed by atoms with E-state index in [2.05, 4.69) is 13.8 Å². The highest BCUT2D eigenvalue weighted by Gasteiger charge is 2.55. The topological polar surface area (TPSA) is 46.5 Å². The number of benzene rings is 1. The number of carboxylic acid groups (broad SMARTS) is 1. The van der Waals surface area contributed by atoms with Gasteiger partial charge in [-0.05, 0) is 42.9 Å². The van der Waals surface area contributed by atoms with Gasteiger partial charge in [0.1, 0.15) is 5.75 Å². The van der Waals surface area contributed by atoms with E-state index in [-0.39, 0.29) is 5.41 Å². The van der Waals surface area contributed by atoms with Gasteiger partial charge in [-0.3, -0.25) is 4.79 Å². The third kappa shape index (κ3) is 2.09. The number of carbonyl (C=O) groups is 1. The van der Waals surface area contributed by atoms with Crippen molar-refractivity contribution >= 4 is 5.97 Å². The predicted octanol–water partition coefficient (Wildman–Crippen LogP) is 3.23. The lowest BCUT2D eigenvalue weighted by molar-refractivity contribution is -0.153. The number of carboxylic acids is 1. The third-order valence-electron chi connectivity index (χ3n) is 3.69. The van der Waals surface area contributed by atoms with Crippen molar-refractivity contribution in [3.05, 3.63) is 29.8 Å². The van der Waals surface area contributed by atoms with Gasteiger partial charge in [-0.1, -0.05) is 26.0 Å². The molecule has 0 radical (unpaired) electrons. The Kier molecular flexibility index (Phi) is 3.09. The van der Waals surface area contributed by atoms with Crippen molar-refractivity contribution in [1.82, 2.24) is 0 Å². The molecule has 0 unspecified atom stereocenters. The van der Waals surface area contributed by atoms with Gasteiger partial charge in [0.15, 0.2) is 0 Å². The Morgan fingerprint density at radius 3 is 2.22 bits per heavy atom. The third-order valence-corrected chi connectivity index (χ3v) is 3.69. The van der Waals surface area contributed by atoms with Crippen molar-refractivity contribution in [2.24, 2.45) is 5.41 Å². The van der Waals surface area contributed by atoms with Crippen molar-refractivity contribution in [2.45, 2.75) is 39.0 Å². The van der Waals surface area contributed by atoms with Crippen LogP contribution in [0.25, 0.3) is 0 Å². The molecular formula is C15H20O3. The first kappa shape index (κ1) is 12.9. The van der Waals surface area contributed by atoms with Crippen LogP contribution in [0, 0.1) is 5.41 Å². The molecular weight excluding hydrogens is 228 g/mol. The lowest BCUT2D eigenvalue weighted by atomic mass is 9.52. The Labute approximate surface area is 108 Å². The maximum Gasteiger partial charge on any atom is 0.314 e. The summed E-state index contributed by atoms with van der Waals surface area (Å²) in [6.07, 6.45) is 1.40. The molecule has 1 aromatic rings. The fraction of sp³-hybridized carbons (Fsp3) is 0.533. The molecule has 0 amide bonds. The number of hydrogen-bond donors (Lipinski definition) is 1. The maximum absolute atomic E-state index is 11.6. The predicted molar refractivity (Wildman–Crippen MR) is 69.9 cm³/mol. The highest BCUT2D eigenvalue weighted by atomic mass is 16.5. The molecule has 0 saturated heterocycles. The van der Waals surface area contributed by atoms with Gasteiger partial charge in [-0.25, -0.2) is 0 Å². The van der Waals surface area contributed by atoms with E-state index in [9.17, 15) is 9.90 Å². The number of hydrogen-bond acceptors (Lipinski definition) is 2. The van der Waals surface area contributed by atoms with Crippen LogP contribution in [0.1, 0.15) is 39.2 Å². The van der Waals surface area contributed by atoms with Crippen molar-refractivity contribution in [2.75, 3.05) is 6.61 Å². The molecule has 0 bridgehead atoms. The fourth-order valence-electron chi connectivity index (χ4n) is 3.10. The summed E-state index contributed by atoms with van der Waals surface area (Å²) in [6, 6.07) is 7.48. The van der Waals surface area contributed by atoms with Gasteiger partial charge in [0.25, 0.3) is 0 Å². The number of rotatable bonds is 4. The Balaban J connectivity index is 2.26. The first-order valence-corrected chi connectivity index (χ1v) is 6.36. The Morgan fingerprint density at radius 1 is 1.28 bits per heavy atom.